The minimum atomic E-state index is -0.495. The summed E-state index contributed by atoms with van der Waals surface area (Å²) >= 11 is 0. The Morgan fingerprint density at radius 1 is 0.974 bits per heavy atom. The summed E-state index contributed by atoms with van der Waals surface area (Å²) in [5.74, 6) is 3.01. The normalized spacial score (nSPS) is 22.6. The van der Waals surface area contributed by atoms with Crippen LogP contribution in [0.15, 0.2) is 42.5 Å². The number of carbonyl (C=O) groups is 2. The van der Waals surface area contributed by atoms with Crippen LogP contribution in [-0.4, -0.2) is 24.8 Å². The molecule has 0 N–H and O–H groups in total. The van der Waals surface area contributed by atoms with E-state index in [1.807, 2.05) is 20.8 Å². The second-order valence-corrected chi connectivity index (χ2v) is 13.1. The van der Waals surface area contributed by atoms with Crippen molar-refractivity contribution in [2.75, 3.05) is 13.2 Å². The van der Waals surface area contributed by atoms with Gasteiger partial charge in [0.25, 0.3) is 0 Å². The summed E-state index contributed by atoms with van der Waals surface area (Å²) in [6.07, 6.45) is 5.06. The van der Waals surface area contributed by atoms with Gasteiger partial charge in [-0.15, -0.1) is 0 Å². The average Bonchev–Trinajstić information content (AvgIpc) is 2.84. The molecule has 2 aromatic carbocycles. The van der Waals surface area contributed by atoms with Gasteiger partial charge in [-0.05, 0) is 106 Å². The molecule has 0 amide bonds. The van der Waals surface area contributed by atoms with Crippen LogP contribution in [0.2, 0.25) is 0 Å². The molecule has 39 heavy (non-hydrogen) atoms. The minimum absolute atomic E-state index is 0.00406. The van der Waals surface area contributed by atoms with E-state index in [1.165, 1.54) is 5.56 Å². The maximum Gasteiger partial charge on any atom is 0.137 e. The van der Waals surface area contributed by atoms with Crippen LogP contribution >= 0.6 is 0 Å². The van der Waals surface area contributed by atoms with Gasteiger partial charge >= 0.3 is 0 Å². The summed E-state index contributed by atoms with van der Waals surface area (Å²) in [4.78, 5) is 27.0. The van der Waals surface area contributed by atoms with Gasteiger partial charge in [-0.2, -0.15) is 0 Å². The molecule has 0 aromatic heterocycles. The molecule has 0 saturated heterocycles. The van der Waals surface area contributed by atoms with E-state index in [0.29, 0.717) is 31.5 Å². The van der Waals surface area contributed by atoms with E-state index in [0.717, 1.165) is 54.7 Å². The highest BCUT2D eigenvalue weighted by atomic mass is 16.5. The van der Waals surface area contributed by atoms with Crippen molar-refractivity contribution < 1.29 is 19.1 Å². The molecule has 0 radical (unpaired) electrons. The molecule has 4 nitrogen and oxygen atoms in total. The zero-order valence-electron chi connectivity index (χ0n) is 25.1. The molecule has 2 aliphatic rings. The van der Waals surface area contributed by atoms with Gasteiger partial charge in [-0.25, -0.2) is 0 Å². The average molecular weight is 533 g/mol. The third-order valence-electron chi connectivity index (χ3n) is 9.46. The Kier molecular flexibility index (Phi) is 8.93. The summed E-state index contributed by atoms with van der Waals surface area (Å²) in [6, 6.07) is 14.9. The summed E-state index contributed by atoms with van der Waals surface area (Å²) in [5.41, 5.74) is 3.10. The molecule has 0 spiro atoms. The first-order chi connectivity index (χ1) is 18.5. The second-order valence-electron chi connectivity index (χ2n) is 13.1. The molecule has 2 fully saturated rings. The van der Waals surface area contributed by atoms with Crippen LogP contribution in [0, 0.1) is 29.6 Å². The zero-order chi connectivity index (χ0) is 28.4. The van der Waals surface area contributed by atoms with E-state index >= 15 is 0 Å². The summed E-state index contributed by atoms with van der Waals surface area (Å²) in [5, 5.41) is 0. The molecule has 4 rings (SSSR count). The van der Waals surface area contributed by atoms with Crippen LogP contribution in [0.25, 0.3) is 0 Å². The Balaban J connectivity index is 1.60. The Hall–Kier alpha value is -2.62. The highest BCUT2D eigenvalue weighted by Gasteiger charge is 2.54. The first-order valence-electron chi connectivity index (χ1n) is 15.0. The second kappa shape index (κ2) is 11.9. The summed E-state index contributed by atoms with van der Waals surface area (Å²) in [7, 11) is 0. The molecule has 212 valence electrons. The van der Waals surface area contributed by atoms with Crippen LogP contribution in [0.4, 0.5) is 0 Å². The van der Waals surface area contributed by atoms with Crippen molar-refractivity contribution in [1.82, 2.24) is 0 Å². The molecule has 4 heteroatoms. The van der Waals surface area contributed by atoms with Gasteiger partial charge < -0.3 is 9.47 Å². The standard InChI is InChI=1S/C35H48O4/c1-8-38-32-18-28(19-33(24(32)4)39-9-2)23(3)30(17-26-15-29(16-26)27-13-11-10-12-14-27)31(37)20-35(25(5)36)21-34(6,7)22-35/h10-14,18-19,23,26,29-30H,8-9,15-17,20-22H2,1-7H3/t23-,26?,29?,30?/m1/s1. The highest BCUT2D eigenvalue weighted by Crippen LogP contribution is 2.57. The topological polar surface area (TPSA) is 52.6 Å². The number of ether oxygens (including phenoxy) is 2. The highest BCUT2D eigenvalue weighted by molar-refractivity contribution is 5.92. The molecule has 2 aromatic rings. The van der Waals surface area contributed by atoms with Gasteiger partial charge in [0.2, 0.25) is 0 Å². The van der Waals surface area contributed by atoms with Crippen molar-refractivity contribution in [3.05, 3.63) is 59.2 Å². The van der Waals surface area contributed by atoms with E-state index in [1.54, 1.807) is 6.92 Å². The van der Waals surface area contributed by atoms with E-state index < -0.39 is 5.41 Å². The molecule has 2 saturated carbocycles. The lowest BCUT2D eigenvalue weighted by atomic mass is 9.50. The van der Waals surface area contributed by atoms with Crippen LogP contribution in [0.3, 0.4) is 0 Å². The largest absolute Gasteiger partial charge is 0.493 e. The van der Waals surface area contributed by atoms with Crippen molar-refractivity contribution in [2.24, 2.45) is 22.7 Å². The van der Waals surface area contributed by atoms with Crippen molar-refractivity contribution in [3.8, 4) is 11.5 Å². The molecule has 0 aliphatic heterocycles. The van der Waals surface area contributed by atoms with Gasteiger partial charge in [0.15, 0.2) is 0 Å². The SMILES string of the molecule is CCOc1cc([C@@H](C)C(CC2CC(c3ccccc3)C2)C(=O)CC2(C(C)=O)CC(C)(C)C2)cc(OCC)c1C. The fourth-order valence-electron chi connectivity index (χ4n) is 7.43. The third-order valence-corrected chi connectivity index (χ3v) is 9.46. The lowest BCUT2D eigenvalue weighted by molar-refractivity contribution is -0.147. The van der Waals surface area contributed by atoms with Crippen molar-refractivity contribution in [3.63, 3.8) is 0 Å². The van der Waals surface area contributed by atoms with Crippen molar-refractivity contribution in [2.45, 2.75) is 98.8 Å². The van der Waals surface area contributed by atoms with Crippen LogP contribution in [-0.2, 0) is 9.59 Å². The van der Waals surface area contributed by atoms with Crippen molar-refractivity contribution in [1.29, 1.82) is 0 Å². The summed E-state index contributed by atoms with van der Waals surface area (Å²) in [6.45, 7) is 15.4. The van der Waals surface area contributed by atoms with E-state index in [4.69, 9.17) is 9.47 Å². The fraction of sp³-hybridized carbons (Fsp3) is 0.600. The first-order valence-corrected chi connectivity index (χ1v) is 15.0. The Bertz CT molecular complexity index is 1120. The van der Waals surface area contributed by atoms with E-state index in [9.17, 15) is 9.59 Å². The Labute approximate surface area is 235 Å². The third kappa shape index (κ3) is 6.42. The number of ketones is 2. The van der Waals surface area contributed by atoms with Crippen LogP contribution in [0.5, 0.6) is 11.5 Å². The molecular weight excluding hydrogens is 484 g/mol. The minimum Gasteiger partial charge on any atom is -0.493 e. The maximum absolute atomic E-state index is 14.2. The first kappa shape index (κ1) is 29.4. The monoisotopic (exact) mass is 532 g/mol. The molecule has 1 unspecified atom stereocenters. The van der Waals surface area contributed by atoms with Crippen LogP contribution < -0.4 is 9.47 Å². The lowest BCUT2D eigenvalue weighted by Crippen LogP contribution is -2.49. The number of hydrogen-bond donors (Lipinski definition) is 0. The van der Waals surface area contributed by atoms with Gasteiger partial charge in [0, 0.05) is 23.3 Å². The molecule has 0 heterocycles. The molecule has 0 bridgehead atoms. The van der Waals surface area contributed by atoms with Gasteiger partial charge in [0.1, 0.15) is 23.1 Å². The smallest absolute Gasteiger partial charge is 0.137 e. The predicted molar refractivity (Wildman–Crippen MR) is 158 cm³/mol. The van der Waals surface area contributed by atoms with Crippen LogP contribution in [0.1, 0.15) is 109 Å². The fourth-order valence-corrected chi connectivity index (χ4v) is 7.43. The molecular formula is C35H48O4. The quantitative estimate of drug-likeness (QED) is 0.260. The predicted octanol–water partition coefficient (Wildman–Crippen LogP) is 8.45. The Morgan fingerprint density at radius 3 is 2.03 bits per heavy atom. The van der Waals surface area contributed by atoms with Crippen molar-refractivity contribution >= 4 is 11.6 Å². The zero-order valence-corrected chi connectivity index (χ0v) is 25.1. The van der Waals surface area contributed by atoms with Gasteiger partial charge in [-0.1, -0.05) is 51.1 Å². The molecule has 2 atom stereocenters. The summed E-state index contributed by atoms with van der Waals surface area (Å²) < 4.78 is 12.0. The number of carbonyl (C=O) groups excluding carboxylic acids is 2. The van der Waals surface area contributed by atoms with E-state index in [2.05, 4.69) is 63.2 Å². The lowest BCUT2D eigenvalue weighted by Gasteiger charge is -2.52. The molecule has 2 aliphatic carbocycles. The number of hydrogen-bond acceptors (Lipinski definition) is 4. The number of Topliss-reactive ketones (excluding diaryl/α,β-unsaturated/α-hetero) is 2. The number of benzene rings is 2. The Morgan fingerprint density at radius 2 is 1.54 bits per heavy atom. The number of rotatable bonds is 13. The maximum atomic E-state index is 14.2. The van der Waals surface area contributed by atoms with E-state index in [-0.39, 0.29) is 28.8 Å². The van der Waals surface area contributed by atoms with Gasteiger partial charge in [-0.3, -0.25) is 9.59 Å². The van der Waals surface area contributed by atoms with Gasteiger partial charge in [0.05, 0.1) is 13.2 Å².